The fourth-order valence-corrected chi connectivity index (χ4v) is 7.43. The summed E-state index contributed by atoms with van der Waals surface area (Å²) in [5, 5.41) is 9.00. The van der Waals surface area contributed by atoms with Crippen LogP contribution in [0.25, 0.3) is 0 Å². The maximum Gasteiger partial charge on any atom is 0.292 e. The van der Waals surface area contributed by atoms with Crippen LogP contribution >= 0.6 is 0 Å². The topological polar surface area (TPSA) is 137 Å². The van der Waals surface area contributed by atoms with E-state index in [1.54, 1.807) is 18.0 Å². The van der Waals surface area contributed by atoms with Crippen LogP contribution in [0.5, 0.6) is 0 Å². The Hall–Kier alpha value is -1.14. The summed E-state index contributed by atoms with van der Waals surface area (Å²) in [5.41, 5.74) is 5.53. The van der Waals surface area contributed by atoms with Gasteiger partial charge >= 0.3 is 0 Å². The van der Waals surface area contributed by atoms with Gasteiger partial charge in [-0.25, -0.2) is 8.86 Å². The lowest BCUT2D eigenvalue weighted by Gasteiger charge is -2.43. The molecule has 0 aromatic carbocycles. The van der Waals surface area contributed by atoms with E-state index in [4.69, 9.17) is 28.2 Å². The van der Waals surface area contributed by atoms with E-state index in [1.807, 2.05) is 0 Å². The summed E-state index contributed by atoms with van der Waals surface area (Å²) in [6.45, 7) is 21.4. The quantitative estimate of drug-likeness (QED) is 0.361. The van der Waals surface area contributed by atoms with Crippen LogP contribution < -0.4 is 5.73 Å². The van der Waals surface area contributed by atoms with Crippen LogP contribution in [0.2, 0.25) is 36.3 Å². The molecule has 4 atom stereocenters. The Bertz CT molecular complexity index is 1120. The van der Waals surface area contributed by atoms with Crippen molar-refractivity contribution in [1.82, 2.24) is 15.0 Å². The molecule has 14 heteroatoms. The molecular weight excluding hydrogens is 533 g/mol. The molecule has 0 bridgehead atoms. The monoisotopic (exact) mass is 576 g/mol. The molecule has 11 nitrogen and oxygen atoms in total. The van der Waals surface area contributed by atoms with Gasteiger partial charge in [0.05, 0.1) is 36.2 Å². The van der Waals surface area contributed by atoms with Gasteiger partial charge in [0.15, 0.2) is 28.5 Å². The van der Waals surface area contributed by atoms with Gasteiger partial charge in [0, 0.05) is 7.11 Å². The fraction of sp³-hybridized carbons (Fsp3) is 0.826. The predicted octanol–water partition coefficient (Wildman–Crippen LogP) is 3.63. The Morgan fingerprint density at radius 1 is 1.11 bits per heavy atom. The van der Waals surface area contributed by atoms with Gasteiger partial charge in [0.25, 0.3) is 10.1 Å². The lowest BCUT2D eigenvalue weighted by Crippen LogP contribution is -2.59. The molecule has 0 amide bonds. The average Bonchev–Trinajstić information content (AvgIpc) is 3.34. The van der Waals surface area contributed by atoms with Crippen molar-refractivity contribution in [1.29, 1.82) is 0 Å². The number of nitrogens with zero attached hydrogens (tertiary/aromatic N) is 3. The average molecular weight is 577 g/mol. The summed E-state index contributed by atoms with van der Waals surface area (Å²) in [5.74, 6) is 0. The van der Waals surface area contributed by atoms with Crippen LogP contribution in [0.1, 0.15) is 53.5 Å². The lowest BCUT2D eigenvalue weighted by molar-refractivity contribution is -0.0617. The number of hydrogen-bond acceptors (Lipinski definition) is 10. The SMILES string of the molecule is COCc1cnnn1C1OC(CO[Si](C)(C)C(C)(C)C)C2(OS(=O)(=O)C=C2N)C1O[Si](C)(C)C(C)(C)C. The number of nitrogens with two attached hydrogens (primary N) is 1. The van der Waals surface area contributed by atoms with Crippen molar-refractivity contribution < 1.29 is 30.9 Å². The molecule has 1 saturated heterocycles. The van der Waals surface area contributed by atoms with Crippen molar-refractivity contribution in [3.8, 4) is 0 Å². The minimum absolute atomic E-state index is 0.0240. The minimum atomic E-state index is -4.08. The highest BCUT2D eigenvalue weighted by Gasteiger charge is 2.67. The largest absolute Gasteiger partial charge is 0.414 e. The highest BCUT2D eigenvalue weighted by molar-refractivity contribution is 7.90. The van der Waals surface area contributed by atoms with Crippen molar-refractivity contribution in [2.75, 3.05) is 13.7 Å². The van der Waals surface area contributed by atoms with Crippen LogP contribution in [-0.4, -0.2) is 71.6 Å². The number of ether oxygens (including phenoxy) is 2. The second-order valence-corrected chi connectivity index (χ2v) is 23.9. The van der Waals surface area contributed by atoms with Gasteiger partial charge < -0.3 is 24.1 Å². The molecule has 1 fully saturated rings. The molecule has 2 aliphatic rings. The normalized spacial score (nSPS) is 28.7. The Labute approximate surface area is 223 Å². The molecule has 0 aliphatic carbocycles. The van der Waals surface area contributed by atoms with E-state index in [-0.39, 0.29) is 29.0 Å². The molecule has 37 heavy (non-hydrogen) atoms. The van der Waals surface area contributed by atoms with Crippen molar-refractivity contribution >= 4 is 26.8 Å². The highest BCUT2D eigenvalue weighted by atomic mass is 32.2. The van der Waals surface area contributed by atoms with Gasteiger partial charge in [0.2, 0.25) is 0 Å². The maximum absolute atomic E-state index is 12.8. The van der Waals surface area contributed by atoms with Crippen LogP contribution in [0.15, 0.2) is 17.3 Å². The zero-order valence-corrected chi connectivity index (χ0v) is 26.8. The second-order valence-electron chi connectivity index (χ2n) is 12.9. The van der Waals surface area contributed by atoms with Gasteiger partial charge in [-0.15, -0.1) is 5.10 Å². The molecule has 1 aromatic heterocycles. The van der Waals surface area contributed by atoms with Gasteiger partial charge in [-0.05, 0) is 36.3 Å². The van der Waals surface area contributed by atoms with E-state index < -0.39 is 50.8 Å². The third kappa shape index (κ3) is 5.62. The molecule has 2 N–H and O–H groups in total. The molecule has 3 rings (SSSR count). The minimum Gasteiger partial charge on any atom is -0.414 e. The molecule has 2 aliphatic heterocycles. The Morgan fingerprint density at radius 2 is 1.70 bits per heavy atom. The second kappa shape index (κ2) is 9.80. The molecule has 0 saturated carbocycles. The maximum atomic E-state index is 12.8. The number of hydrogen-bond donors (Lipinski definition) is 1. The zero-order valence-electron chi connectivity index (χ0n) is 24.0. The molecular formula is C23H44N4O7SSi2. The number of rotatable bonds is 8. The Morgan fingerprint density at radius 3 is 2.19 bits per heavy atom. The van der Waals surface area contributed by atoms with E-state index in [9.17, 15) is 8.42 Å². The van der Waals surface area contributed by atoms with E-state index in [0.717, 1.165) is 5.41 Å². The van der Waals surface area contributed by atoms with E-state index in [2.05, 4.69) is 78.0 Å². The standard InChI is InChI=1S/C23H44N4O7SSi2/c1-21(2,3)36(8,9)31-14-18-23(17(24)15-35(28,29)34-23)19(33-37(10,11)22(4,5)6)20(32-18)27-16(13-30-7)12-25-26-27/h12,15,18-20H,13-14,24H2,1-11H3. The lowest BCUT2D eigenvalue weighted by atomic mass is 9.89. The summed E-state index contributed by atoms with van der Waals surface area (Å²) in [4.78, 5) is 0. The highest BCUT2D eigenvalue weighted by Crippen LogP contribution is 2.52. The van der Waals surface area contributed by atoms with Crippen LogP contribution in [0.3, 0.4) is 0 Å². The smallest absolute Gasteiger partial charge is 0.292 e. The van der Waals surface area contributed by atoms with Crippen LogP contribution in [0.4, 0.5) is 0 Å². The van der Waals surface area contributed by atoms with Gasteiger partial charge in [0.1, 0.15) is 12.2 Å². The molecule has 0 radical (unpaired) electrons. The van der Waals surface area contributed by atoms with Crippen molar-refractivity contribution in [3.63, 3.8) is 0 Å². The summed E-state index contributed by atoms with van der Waals surface area (Å²) < 4.78 is 58.3. The Balaban J connectivity index is 2.17. The van der Waals surface area contributed by atoms with Gasteiger partial charge in [-0.2, -0.15) is 8.42 Å². The summed E-state index contributed by atoms with van der Waals surface area (Å²) in [7, 11) is -7.27. The molecule has 4 unspecified atom stereocenters. The van der Waals surface area contributed by atoms with Crippen molar-refractivity contribution in [2.24, 2.45) is 5.73 Å². The molecule has 212 valence electrons. The first-order valence-electron chi connectivity index (χ1n) is 12.5. The fourth-order valence-electron chi connectivity index (χ4n) is 3.92. The van der Waals surface area contributed by atoms with Crippen molar-refractivity contribution in [2.45, 2.75) is 108 Å². The first-order valence-corrected chi connectivity index (χ1v) is 19.8. The first-order chi connectivity index (χ1) is 16.7. The predicted molar refractivity (Wildman–Crippen MR) is 145 cm³/mol. The summed E-state index contributed by atoms with van der Waals surface area (Å²) in [6.07, 6.45) is -1.12. The van der Waals surface area contributed by atoms with E-state index in [1.165, 1.54) is 0 Å². The van der Waals surface area contributed by atoms with Crippen LogP contribution in [-0.2, 0) is 39.2 Å². The van der Waals surface area contributed by atoms with Crippen molar-refractivity contribution in [3.05, 3.63) is 23.0 Å². The third-order valence-electron chi connectivity index (χ3n) is 8.25. The number of methoxy groups -OCH3 is 1. The molecule has 3 heterocycles. The Kier molecular flexibility index (Phi) is 8.06. The van der Waals surface area contributed by atoms with Gasteiger partial charge in [-0.1, -0.05) is 46.8 Å². The van der Waals surface area contributed by atoms with Crippen LogP contribution in [0, 0.1) is 0 Å². The first kappa shape index (κ1) is 30.4. The third-order valence-corrected chi connectivity index (χ3v) is 18.3. The summed E-state index contributed by atoms with van der Waals surface area (Å²) >= 11 is 0. The molecule has 1 aromatic rings. The van der Waals surface area contributed by atoms with E-state index in [0.29, 0.717) is 5.69 Å². The van der Waals surface area contributed by atoms with Gasteiger partial charge in [-0.3, -0.25) is 0 Å². The summed E-state index contributed by atoms with van der Waals surface area (Å²) in [6, 6.07) is 0. The molecule has 1 spiro atoms. The van der Waals surface area contributed by atoms with E-state index >= 15 is 0 Å². The number of aromatic nitrogens is 3. The zero-order chi connectivity index (χ0) is 28.2.